The molecule has 122 valence electrons. The molecule has 2 aromatic carbocycles. The molecule has 1 amide bonds. The molecule has 0 atom stereocenters. The molecule has 0 saturated carbocycles. The Balaban J connectivity index is 1.50. The van der Waals surface area contributed by atoms with Gasteiger partial charge in [-0.2, -0.15) is 0 Å². The van der Waals surface area contributed by atoms with Crippen molar-refractivity contribution in [2.24, 2.45) is 0 Å². The summed E-state index contributed by atoms with van der Waals surface area (Å²) in [6.07, 6.45) is 0. The second-order valence-electron chi connectivity index (χ2n) is 5.06. The Morgan fingerprint density at radius 2 is 1.88 bits per heavy atom. The number of nitrogens with zero attached hydrogens (tertiary/aromatic N) is 1. The van der Waals surface area contributed by atoms with Crippen LogP contribution < -0.4 is 5.32 Å². The molecule has 0 unspecified atom stereocenters. The van der Waals surface area contributed by atoms with Gasteiger partial charge in [0.05, 0.1) is 11.4 Å². The van der Waals surface area contributed by atoms with Crippen LogP contribution >= 0.6 is 23.1 Å². The first kappa shape index (κ1) is 16.7. The van der Waals surface area contributed by atoms with Crippen LogP contribution in [0.2, 0.25) is 0 Å². The Bertz CT molecular complexity index is 803. The van der Waals surface area contributed by atoms with Gasteiger partial charge in [-0.25, -0.2) is 9.37 Å². The average molecular weight is 358 g/mol. The second-order valence-corrected chi connectivity index (χ2v) is 7.14. The fourth-order valence-corrected chi connectivity index (χ4v) is 3.72. The van der Waals surface area contributed by atoms with Crippen molar-refractivity contribution in [1.29, 1.82) is 0 Å². The van der Waals surface area contributed by atoms with E-state index in [1.807, 2.05) is 35.7 Å². The van der Waals surface area contributed by atoms with Crippen molar-refractivity contribution in [3.05, 3.63) is 71.4 Å². The van der Waals surface area contributed by atoms with Crippen LogP contribution in [0.15, 0.2) is 64.3 Å². The van der Waals surface area contributed by atoms with Crippen LogP contribution in [-0.4, -0.2) is 16.6 Å². The molecule has 0 aliphatic carbocycles. The van der Waals surface area contributed by atoms with Gasteiger partial charge in [0.1, 0.15) is 5.82 Å². The van der Waals surface area contributed by atoms with Gasteiger partial charge in [-0.05, 0) is 29.8 Å². The third-order valence-corrected chi connectivity index (χ3v) is 5.30. The minimum absolute atomic E-state index is 0.0256. The molecule has 0 spiro atoms. The third kappa shape index (κ3) is 4.66. The summed E-state index contributed by atoms with van der Waals surface area (Å²) in [5.41, 5.74) is 2.74. The van der Waals surface area contributed by atoms with Crippen molar-refractivity contribution < 1.29 is 9.18 Å². The smallest absolute Gasteiger partial charge is 0.230 e. The molecular formula is C18H15FN2OS2. The van der Waals surface area contributed by atoms with E-state index in [1.54, 1.807) is 12.1 Å². The molecule has 0 aliphatic heterocycles. The summed E-state index contributed by atoms with van der Waals surface area (Å²) in [6.45, 7) is 0.527. The zero-order chi connectivity index (χ0) is 16.8. The highest BCUT2D eigenvalue weighted by Crippen LogP contribution is 2.28. The number of rotatable bonds is 6. The molecule has 3 rings (SSSR count). The molecule has 1 N–H and O–H groups in total. The minimum atomic E-state index is -0.265. The summed E-state index contributed by atoms with van der Waals surface area (Å²) in [5, 5.41) is 4.80. The molecule has 0 bridgehead atoms. The molecule has 0 fully saturated rings. The lowest BCUT2D eigenvalue weighted by molar-refractivity contribution is -0.118. The van der Waals surface area contributed by atoms with Crippen molar-refractivity contribution in [3.63, 3.8) is 0 Å². The summed E-state index contributed by atoms with van der Waals surface area (Å²) < 4.78 is 13.8. The van der Waals surface area contributed by atoms with Crippen LogP contribution in [-0.2, 0) is 11.3 Å². The quantitative estimate of drug-likeness (QED) is 0.666. The number of thiazole rings is 1. The van der Waals surface area contributed by atoms with Crippen LogP contribution in [0.25, 0.3) is 11.3 Å². The molecule has 1 aromatic heterocycles. The van der Waals surface area contributed by atoms with E-state index in [9.17, 15) is 9.18 Å². The normalized spacial score (nSPS) is 10.5. The molecular weight excluding hydrogens is 343 g/mol. The van der Waals surface area contributed by atoms with E-state index >= 15 is 0 Å². The van der Waals surface area contributed by atoms with Crippen LogP contribution in [0.3, 0.4) is 0 Å². The van der Waals surface area contributed by atoms with E-state index in [4.69, 9.17) is 0 Å². The standard InChI is InChI=1S/C18H15FN2OS2/c19-15-8-6-14(7-9-15)16-11-23-18(21-16)24-12-17(22)20-10-13-4-2-1-3-5-13/h1-9,11H,10,12H2,(H,20,22). The average Bonchev–Trinajstić information content (AvgIpc) is 3.09. The largest absolute Gasteiger partial charge is 0.351 e. The molecule has 3 aromatic rings. The van der Waals surface area contributed by atoms with E-state index in [0.29, 0.717) is 12.3 Å². The van der Waals surface area contributed by atoms with Gasteiger partial charge in [0.2, 0.25) is 5.91 Å². The topological polar surface area (TPSA) is 42.0 Å². The Morgan fingerprint density at radius 1 is 1.12 bits per heavy atom. The molecule has 0 radical (unpaired) electrons. The Hall–Kier alpha value is -2.18. The summed E-state index contributed by atoms with van der Waals surface area (Å²) in [5.74, 6) is 0.0319. The number of carbonyl (C=O) groups is 1. The number of benzene rings is 2. The summed E-state index contributed by atoms with van der Waals surface area (Å²) in [7, 11) is 0. The number of hydrogen-bond acceptors (Lipinski definition) is 4. The molecule has 0 saturated heterocycles. The maximum absolute atomic E-state index is 12.9. The zero-order valence-electron chi connectivity index (χ0n) is 12.7. The summed E-state index contributed by atoms with van der Waals surface area (Å²) >= 11 is 2.89. The van der Waals surface area contributed by atoms with E-state index in [2.05, 4.69) is 10.3 Å². The zero-order valence-corrected chi connectivity index (χ0v) is 14.4. The van der Waals surface area contributed by atoms with Crippen LogP contribution in [0.5, 0.6) is 0 Å². The van der Waals surface area contributed by atoms with E-state index in [-0.39, 0.29) is 11.7 Å². The van der Waals surface area contributed by atoms with Gasteiger partial charge in [0.25, 0.3) is 0 Å². The highest BCUT2D eigenvalue weighted by molar-refractivity contribution is 8.01. The van der Waals surface area contributed by atoms with Gasteiger partial charge in [0, 0.05) is 17.5 Å². The first-order valence-electron chi connectivity index (χ1n) is 7.35. The number of hydrogen-bond donors (Lipinski definition) is 1. The maximum Gasteiger partial charge on any atom is 0.230 e. The number of aromatic nitrogens is 1. The van der Waals surface area contributed by atoms with Gasteiger partial charge in [-0.3, -0.25) is 4.79 Å². The summed E-state index contributed by atoms with van der Waals surface area (Å²) in [6, 6.07) is 16.0. The lowest BCUT2D eigenvalue weighted by Gasteiger charge is -2.04. The van der Waals surface area contributed by atoms with E-state index in [1.165, 1.54) is 35.2 Å². The number of thioether (sulfide) groups is 1. The number of halogens is 1. The van der Waals surface area contributed by atoms with Gasteiger partial charge >= 0.3 is 0 Å². The fraction of sp³-hybridized carbons (Fsp3) is 0.111. The van der Waals surface area contributed by atoms with Gasteiger partial charge in [0.15, 0.2) is 4.34 Å². The monoisotopic (exact) mass is 358 g/mol. The van der Waals surface area contributed by atoms with Crippen molar-refractivity contribution in [1.82, 2.24) is 10.3 Å². The molecule has 1 heterocycles. The lowest BCUT2D eigenvalue weighted by atomic mass is 10.2. The molecule has 3 nitrogen and oxygen atoms in total. The van der Waals surface area contributed by atoms with Crippen molar-refractivity contribution in [3.8, 4) is 11.3 Å². The first-order chi connectivity index (χ1) is 11.7. The summed E-state index contributed by atoms with van der Waals surface area (Å²) in [4.78, 5) is 16.4. The van der Waals surface area contributed by atoms with E-state index in [0.717, 1.165) is 21.2 Å². The Morgan fingerprint density at radius 3 is 2.62 bits per heavy atom. The van der Waals surface area contributed by atoms with Crippen molar-refractivity contribution in [2.45, 2.75) is 10.9 Å². The lowest BCUT2D eigenvalue weighted by Crippen LogP contribution is -2.24. The van der Waals surface area contributed by atoms with Gasteiger partial charge in [-0.1, -0.05) is 42.1 Å². The van der Waals surface area contributed by atoms with Crippen LogP contribution in [0.1, 0.15) is 5.56 Å². The first-order valence-corrected chi connectivity index (χ1v) is 9.22. The number of nitrogens with one attached hydrogen (secondary N) is 1. The molecule has 6 heteroatoms. The van der Waals surface area contributed by atoms with Gasteiger partial charge in [-0.15, -0.1) is 11.3 Å². The van der Waals surface area contributed by atoms with Crippen molar-refractivity contribution in [2.75, 3.05) is 5.75 Å². The highest BCUT2D eigenvalue weighted by atomic mass is 32.2. The predicted octanol–water partition coefficient (Wildman–Crippen LogP) is 4.36. The number of carbonyl (C=O) groups excluding carboxylic acids is 1. The van der Waals surface area contributed by atoms with E-state index < -0.39 is 0 Å². The van der Waals surface area contributed by atoms with Crippen LogP contribution in [0, 0.1) is 5.82 Å². The minimum Gasteiger partial charge on any atom is -0.351 e. The fourth-order valence-electron chi connectivity index (χ4n) is 2.05. The Kier molecular flexibility index (Phi) is 5.61. The SMILES string of the molecule is O=C(CSc1nc(-c2ccc(F)cc2)cs1)NCc1ccccc1. The highest BCUT2D eigenvalue weighted by Gasteiger charge is 2.08. The predicted molar refractivity (Wildman–Crippen MR) is 96.5 cm³/mol. The van der Waals surface area contributed by atoms with Gasteiger partial charge < -0.3 is 5.32 Å². The van der Waals surface area contributed by atoms with Crippen molar-refractivity contribution >= 4 is 29.0 Å². The molecule has 0 aliphatic rings. The second kappa shape index (κ2) is 8.08. The number of amides is 1. The molecule has 24 heavy (non-hydrogen) atoms. The Labute approximate surface area is 148 Å². The third-order valence-electron chi connectivity index (χ3n) is 3.28. The van der Waals surface area contributed by atoms with Crippen LogP contribution in [0.4, 0.5) is 4.39 Å². The maximum atomic E-state index is 12.9.